The number of aromatic nitrogens is 4. The van der Waals surface area contributed by atoms with Crippen molar-refractivity contribution < 1.29 is 58.8 Å². The van der Waals surface area contributed by atoms with Crippen LogP contribution in [0.4, 0.5) is 38.9 Å². The molecule has 11 aromatic carbocycles. The summed E-state index contributed by atoms with van der Waals surface area (Å²) in [7, 11) is 0. The Hall–Kier alpha value is -13.3. The first-order chi connectivity index (χ1) is 55.6. The lowest BCUT2D eigenvalue weighted by molar-refractivity contribution is -0.385. The number of rotatable bonds is 28. The molecule has 12 aromatic rings. The van der Waals surface area contributed by atoms with E-state index < -0.39 is 34.8 Å². The Morgan fingerprint density at radius 2 is 1.22 bits per heavy atom. The molecule has 24 nitrogen and oxygen atoms in total. The first kappa shape index (κ1) is 85.2. The fraction of sp³-hybridized carbons (Fsp3) is 0.233. The van der Waals surface area contributed by atoms with Crippen LogP contribution >= 0.6 is 23.5 Å². The van der Waals surface area contributed by atoms with Crippen molar-refractivity contribution in [1.29, 1.82) is 5.26 Å². The van der Waals surface area contributed by atoms with Gasteiger partial charge in [-0.3, -0.25) is 29.3 Å². The number of phenolic OH excluding ortho intramolecular Hbond substituents is 3. The number of thioether (sulfide) groups is 2. The van der Waals surface area contributed by atoms with Gasteiger partial charge in [-0.1, -0.05) is 182 Å². The fourth-order valence-corrected chi connectivity index (χ4v) is 14.0. The van der Waals surface area contributed by atoms with Gasteiger partial charge >= 0.3 is 17.7 Å². The molecule has 5 amide bonds. The molecule has 1 aromatic heterocycles. The average Bonchev–Trinajstić information content (AvgIpc) is 0.845. The summed E-state index contributed by atoms with van der Waals surface area (Å²) in [6.45, 7) is 21.0. The van der Waals surface area contributed by atoms with Gasteiger partial charge in [-0.15, -0.1) is 16.9 Å². The molecule has 0 radical (unpaired) electrons. The van der Waals surface area contributed by atoms with Gasteiger partial charge in [-0.25, -0.2) is 4.79 Å². The maximum Gasteiger partial charge on any atom is 0.323 e. The van der Waals surface area contributed by atoms with Gasteiger partial charge < -0.3 is 56.5 Å². The van der Waals surface area contributed by atoms with Crippen LogP contribution in [0.1, 0.15) is 147 Å². The number of nitrogens with zero attached hydrogens (tertiary/aromatic N) is 6. The number of ether oxygens (including phenoxy) is 2. The zero-order valence-electron chi connectivity index (χ0n) is 65.9. The number of nitrogens with one attached hydrogen (secondary N) is 5. The average molecular weight is 1600 g/mol. The van der Waals surface area contributed by atoms with E-state index in [1.54, 1.807) is 95.7 Å². The first-order valence-corrected chi connectivity index (χ1v) is 39.6. The van der Waals surface area contributed by atoms with Crippen molar-refractivity contribution in [2.24, 2.45) is 0 Å². The van der Waals surface area contributed by atoms with Gasteiger partial charge in [0.2, 0.25) is 10.9 Å². The number of carbonyl (C=O) groups excluding carboxylic acids is 4. The van der Waals surface area contributed by atoms with Gasteiger partial charge in [0.15, 0.2) is 6.10 Å². The number of aliphatic carboxylic acids is 1. The van der Waals surface area contributed by atoms with Crippen molar-refractivity contribution in [1.82, 2.24) is 20.2 Å². The van der Waals surface area contributed by atoms with E-state index in [0.29, 0.717) is 78.9 Å². The number of urea groups is 1. The number of nitriles is 1. The second-order valence-electron chi connectivity index (χ2n) is 28.7. The number of carboxylic acid groups (broad SMARTS) is 1. The largest absolute Gasteiger partial charge is 0.506 e. The second kappa shape index (κ2) is 39.0. The smallest absolute Gasteiger partial charge is 0.323 e. The third-order valence-corrected chi connectivity index (χ3v) is 21.8. The van der Waals surface area contributed by atoms with Gasteiger partial charge in [0.1, 0.15) is 28.7 Å². The van der Waals surface area contributed by atoms with Crippen molar-refractivity contribution in [3.8, 4) is 46.3 Å². The molecule has 1 heterocycles. The summed E-state index contributed by atoms with van der Waals surface area (Å²) >= 11 is 2.69. The Morgan fingerprint density at radius 1 is 0.603 bits per heavy atom. The molecular formula is C90H91N11O13S2. The summed E-state index contributed by atoms with van der Waals surface area (Å²) in [5.41, 5.74) is 9.14. The van der Waals surface area contributed by atoms with E-state index in [1.165, 1.54) is 59.4 Å². The van der Waals surface area contributed by atoms with Crippen molar-refractivity contribution in [2.75, 3.05) is 32.3 Å². The van der Waals surface area contributed by atoms with E-state index in [9.17, 15) is 49.4 Å². The van der Waals surface area contributed by atoms with Crippen LogP contribution in [0.3, 0.4) is 0 Å². The molecule has 0 saturated carbocycles. The van der Waals surface area contributed by atoms with Crippen LogP contribution in [0.5, 0.6) is 34.5 Å². The molecule has 0 bridgehead atoms. The highest BCUT2D eigenvalue weighted by atomic mass is 32.2. The summed E-state index contributed by atoms with van der Waals surface area (Å²) in [6, 6.07) is 62.9. The van der Waals surface area contributed by atoms with Crippen LogP contribution in [-0.2, 0) is 26.2 Å². The molecule has 0 saturated heterocycles. The zero-order chi connectivity index (χ0) is 83.4. The Balaban J connectivity index is 0.000000189. The number of para-hydroxylation sites is 2. The number of phenols is 3. The summed E-state index contributed by atoms with van der Waals surface area (Å²) in [5.74, 6) is -1.03. The fourth-order valence-electron chi connectivity index (χ4n) is 12.2. The SMILES string of the molecule is CCCCC(Oc1ccc(C(C)(C)CC)cc1C(C)(C)CC)C(=O)Nc1ccc(NC(=O)Nc2ccc(C#N)cc2)c(O)c1.Cc1ccc(C)c(NC(=O)c2cc(SCCC(=O)O)c3ccccc3c2O)c1.Cc1ccccc1NC(=O)c1cc(Oc2ccc(CSc3nnnn3-c3ccccc3)cc2[N+](=O)[O-])c2ccccc2c1O. The lowest BCUT2D eigenvalue weighted by atomic mass is 9.76. The number of aryl methyl sites for hydroxylation is 3. The third-order valence-electron chi connectivity index (χ3n) is 19.7. The number of unbranched alkanes of at least 4 members (excludes halogenated alkanes) is 1. The van der Waals surface area contributed by atoms with E-state index in [1.807, 2.05) is 106 Å². The standard InChI is InChI=1S/C36H46N4O4.C32H24N6O5S.C22H21NO4S/c1-8-11-12-32(44-31-20-15-25(35(4,5)9-2)21-28(31)36(6,7)10-3)33(42)38-27-18-19-29(30(41)22-27)40-34(43)39-26-16-13-24(23-37)14-17-26;1-20-9-5-8-14-26(20)33-31(40)25-18-29(23-12-6-7-13-24(23)30(25)39)43-28-16-15-21(17-27(28)38(41)42)19-44-32-34-35-36-37(32)22-10-3-2-4-11-22;1-13-7-8-14(2)18(11-13)23-22(27)17-12-19(28-10-9-20(24)25)15-5-3-4-6-16(15)21(17)26/h13-22,32,41H,8-12H2,1-7H3,(H,38,42)(H2,39,40,43);2-18,39H,19H2,1H3,(H,33,40);3-8,11-12,26H,9-10H2,1-2H3,(H,23,27)(H,24,25). The predicted octanol–water partition coefficient (Wildman–Crippen LogP) is 20.9. The minimum atomic E-state index is -0.872. The Kier molecular flexibility index (Phi) is 28.6. The minimum Gasteiger partial charge on any atom is -0.506 e. The van der Waals surface area contributed by atoms with E-state index in [2.05, 4.69) is 103 Å². The summed E-state index contributed by atoms with van der Waals surface area (Å²) < 4.78 is 14.2. The van der Waals surface area contributed by atoms with Crippen molar-refractivity contribution in [2.45, 2.75) is 141 Å². The number of nitro groups is 1. The molecule has 26 heteroatoms. The number of carboxylic acids is 1. The quantitative estimate of drug-likeness (QED) is 0.00952. The number of carbonyl (C=O) groups is 5. The lowest BCUT2D eigenvalue weighted by Gasteiger charge is -2.31. The number of aromatic hydroxyl groups is 3. The topological polar surface area (TPSA) is 355 Å². The molecule has 0 aliphatic carbocycles. The molecule has 1 atom stereocenters. The molecule has 116 heavy (non-hydrogen) atoms. The third kappa shape index (κ3) is 21.7. The van der Waals surface area contributed by atoms with Crippen molar-refractivity contribution in [3.05, 3.63) is 273 Å². The molecule has 1 unspecified atom stereocenters. The number of benzene rings is 11. The number of anilines is 5. The van der Waals surface area contributed by atoms with Crippen LogP contribution in [-0.4, -0.2) is 87.1 Å². The summed E-state index contributed by atoms with van der Waals surface area (Å²) in [6.07, 6.45) is 3.47. The van der Waals surface area contributed by atoms with Crippen molar-refractivity contribution in [3.63, 3.8) is 0 Å². The highest BCUT2D eigenvalue weighted by Crippen LogP contribution is 2.44. The van der Waals surface area contributed by atoms with Crippen LogP contribution in [0, 0.1) is 42.2 Å². The molecule has 0 aliphatic rings. The molecule has 0 aliphatic heterocycles. The van der Waals surface area contributed by atoms with E-state index in [-0.39, 0.29) is 74.4 Å². The minimum absolute atomic E-state index is 0.0148. The monoisotopic (exact) mass is 1600 g/mol. The van der Waals surface area contributed by atoms with Gasteiger partial charge in [-0.05, 0) is 186 Å². The van der Waals surface area contributed by atoms with Crippen molar-refractivity contribution >= 4 is 109 Å². The Bertz CT molecular complexity index is 5640. The Morgan fingerprint density at radius 3 is 1.88 bits per heavy atom. The number of amides is 5. The van der Waals surface area contributed by atoms with E-state index in [0.717, 1.165) is 63.9 Å². The second-order valence-corrected chi connectivity index (χ2v) is 30.8. The molecule has 0 fully saturated rings. The maximum atomic E-state index is 13.5. The number of hydrogen-bond acceptors (Lipinski definition) is 18. The molecule has 596 valence electrons. The number of hydrogen-bond donors (Lipinski definition) is 9. The lowest BCUT2D eigenvalue weighted by Crippen LogP contribution is -2.34. The van der Waals surface area contributed by atoms with Gasteiger partial charge in [0.05, 0.1) is 45.5 Å². The molecular weight excluding hydrogens is 1510 g/mol. The summed E-state index contributed by atoms with van der Waals surface area (Å²) in [5, 5.41) is 90.7. The van der Waals surface area contributed by atoms with Crippen LogP contribution in [0.2, 0.25) is 0 Å². The molecule has 9 N–H and O–H groups in total. The van der Waals surface area contributed by atoms with Gasteiger partial charge in [0.25, 0.3) is 17.7 Å². The van der Waals surface area contributed by atoms with Crippen LogP contribution < -0.4 is 36.1 Å². The van der Waals surface area contributed by atoms with E-state index in [4.69, 9.17) is 19.8 Å². The highest BCUT2D eigenvalue weighted by molar-refractivity contribution is 7.99. The molecule has 0 spiro atoms. The van der Waals surface area contributed by atoms with Crippen LogP contribution in [0.25, 0.3) is 27.2 Å². The number of tetrazole rings is 1. The van der Waals surface area contributed by atoms with Crippen LogP contribution in [0.15, 0.2) is 222 Å². The van der Waals surface area contributed by atoms with Gasteiger partial charge in [0, 0.05) is 73.0 Å². The number of fused-ring (bicyclic) bond motifs is 2. The molecule has 12 rings (SSSR count). The zero-order valence-corrected chi connectivity index (χ0v) is 67.5. The first-order valence-electron chi connectivity index (χ1n) is 37.6. The van der Waals surface area contributed by atoms with E-state index >= 15 is 0 Å². The normalized spacial score (nSPS) is 11.4. The van der Waals surface area contributed by atoms with Gasteiger partial charge in [-0.2, -0.15) is 9.94 Å². The number of nitro benzene ring substituents is 1. The Labute approximate surface area is 680 Å². The summed E-state index contributed by atoms with van der Waals surface area (Å²) in [4.78, 5) is 75.4. The highest BCUT2D eigenvalue weighted by Gasteiger charge is 2.31. The maximum absolute atomic E-state index is 13.5. The predicted molar refractivity (Wildman–Crippen MR) is 457 cm³/mol.